The monoisotopic (exact) mass is 352 g/mol. The van der Waals surface area contributed by atoms with Crippen molar-refractivity contribution in [2.75, 3.05) is 11.4 Å². The fourth-order valence-electron chi connectivity index (χ4n) is 3.76. The highest BCUT2D eigenvalue weighted by molar-refractivity contribution is 5.92. The fourth-order valence-corrected chi connectivity index (χ4v) is 3.76. The molecule has 1 N–H and O–H groups in total. The van der Waals surface area contributed by atoms with Crippen LogP contribution in [0, 0.1) is 5.82 Å². The molecule has 5 nitrogen and oxygen atoms in total. The number of aromatic amines is 1. The third-order valence-electron chi connectivity index (χ3n) is 5.12. The lowest BCUT2D eigenvalue weighted by Crippen LogP contribution is -2.41. The van der Waals surface area contributed by atoms with E-state index in [2.05, 4.69) is 26.8 Å². The molecule has 26 heavy (non-hydrogen) atoms. The van der Waals surface area contributed by atoms with Crippen molar-refractivity contribution >= 4 is 17.0 Å². The Morgan fingerprint density at radius 3 is 2.81 bits per heavy atom. The number of pyridine rings is 1. The Balaban J connectivity index is 1.84. The zero-order valence-electron chi connectivity index (χ0n) is 14.7. The van der Waals surface area contributed by atoms with Crippen LogP contribution < -0.4 is 10.5 Å². The Bertz CT molecular complexity index is 983. The van der Waals surface area contributed by atoms with Gasteiger partial charge in [0.2, 0.25) is 5.95 Å². The zero-order valence-corrected chi connectivity index (χ0v) is 14.7. The van der Waals surface area contributed by atoms with E-state index < -0.39 is 0 Å². The Labute approximate surface area is 150 Å². The van der Waals surface area contributed by atoms with Crippen LogP contribution in [0.4, 0.5) is 10.3 Å². The predicted molar refractivity (Wildman–Crippen MR) is 101 cm³/mol. The number of hydrogen-bond donors (Lipinski definition) is 1. The van der Waals surface area contributed by atoms with E-state index in [0.29, 0.717) is 28.6 Å². The smallest absolute Gasteiger partial charge is 0.262 e. The van der Waals surface area contributed by atoms with Gasteiger partial charge in [0.25, 0.3) is 5.56 Å². The van der Waals surface area contributed by atoms with Gasteiger partial charge in [0, 0.05) is 18.8 Å². The maximum absolute atomic E-state index is 13.2. The molecule has 1 atom stereocenters. The normalized spacial score (nSPS) is 17.6. The summed E-state index contributed by atoms with van der Waals surface area (Å²) in [6, 6.07) is 8.25. The van der Waals surface area contributed by atoms with Crippen LogP contribution in [0.3, 0.4) is 0 Å². The van der Waals surface area contributed by atoms with Crippen LogP contribution in [0.15, 0.2) is 41.3 Å². The molecule has 3 heterocycles. The number of nitrogens with one attached hydrogen (secondary N) is 1. The molecule has 0 radical (unpaired) electrons. The molecular formula is C20H21FN4O. The molecule has 0 saturated carbocycles. The molecular weight excluding hydrogens is 331 g/mol. The Hall–Kier alpha value is -2.76. The topological polar surface area (TPSA) is 61.9 Å². The van der Waals surface area contributed by atoms with E-state index in [0.717, 1.165) is 31.4 Å². The lowest BCUT2D eigenvalue weighted by Gasteiger charge is -2.35. The summed E-state index contributed by atoms with van der Waals surface area (Å²) < 4.78 is 13.2. The van der Waals surface area contributed by atoms with Crippen LogP contribution in [0.25, 0.3) is 22.2 Å². The lowest BCUT2D eigenvalue weighted by molar-refractivity contribution is 0.443. The summed E-state index contributed by atoms with van der Waals surface area (Å²) in [5, 5.41) is 0.438. The van der Waals surface area contributed by atoms with Crippen LogP contribution in [0.2, 0.25) is 0 Å². The lowest BCUT2D eigenvalue weighted by atomic mass is 10.0. The highest BCUT2D eigenvalue weighted by Crippen LogP contribution is 2.27. The van der Waals surface area contributed by atoms with Crippen molar-refractivity contribution in [2.24, 2.45) is 0 Å². The highest BCUT2D eigenvalue weighted by atomic mass is 19.1. The SMILES string of the molecule is CCC1CCCCN1c1nc2nccc(-c3ccc(F)cc3)c2c(=O)[nH]1. The van der Waals surface area contributed by atoms with Crippen molar-refractivity contribution in [3.05, 3.63) is 52.7 Å². The van der Waals surface area contributed by atoms with E-state index in [4.69, 9.17) is 0 Å². The van der Waals surface area contributed by atoms with Crippen LogP contribution in [-0.4, -0.2) is 27.5 Å². The van der Waals surface area contributed by atoms with E-state index in [1.165, 1.54) is 18.6 Å². The molecule has 4 rings (SSSR count). The Kier molecular flexibility index (Phi) is 4.41. The van der Waals surface area contributed by atoms with Crippen molar-refractivity contribution in [1.29, 1.82) is 0 Å². The largest absolute Gasteiger partial charge is 0.339 e. The second kappa shape index (κ2) is 6.86. The van der Waals surface area contributed by atoms with Crippen molar-refractivity contribution in [3.8, 4) is 11.1 Å². The van der Waals surface area contributed by atoms with Crippen molar-refractivity contribution in [3.63, 3.8) is 0 Å². The first kappa shape index (κ1) is 16.7. The van der Waals surface area contributed by atoms with Gasteiger partial charge in [-0.25, -0.2) is 9.37 Å². The summed E-state index contributed by atoms with van der Waals surface area (Å²) in [4.78, 5) is 27.0. The van der Waals surface area contributed by atoms with E-state index >= 15 is 0 Å². The zero-order chi connectivity index (χ0) is 18.1. The summed E-state index contributed by atoms with van der Waals surface area (Å²) in [5.41, 5.74) is 1.69. The standard InChI is InChI=1S/C20H21FN4O/c1-2-15-5-3-4-12-25(15)20-23-18-17(19(26)24-20)16(10-11-22-18)13-6-8-14(21)9-7-13/h6-11,15H,2-5,12H2,1H3,(H,22,23,24,26). The summed E-state index contributed by atoms with van der Waals surface area (Å²) in [5.74, 6) is 0.287. The van der Waals surface area contributed by atoms with Crippen LogP contribution >= 0.6 is 0 Å². The fraction of sp³-hybridized carbons (Fsp3) is 0.350. The van der Waals surface area contributed by atoms with Gasteiger partial charge in [0.05, 0.1) is 5.39 Å². The number of H-pyrrole nitrogens is 1. The van der Waals surface area contributed by atoms with Crippen LogP contribution in [-0.2, 0) is 0 Å². The first-order chi connectivity index (χ1) is 12.7. The van der Waals surface area contributed by atoms with Gasteiger partial charge in [-0.05, 0) is 55.0 Å². The molecule has 1 aliphatic heterocycles. The van der Waals surface area contributed by atoms with Gasteiger partial charge < -0.3 is 4.90 Å². The summed E-state index contributed by atoms with van der Waals surface area (Å²) >= 11 is 0. The third kappa shape index (κ3) is 2.96. The third-order valence-corrected chi connectivity index (χ3v) is 5.12. The number of fused-ring (bicyclic) bond motifs is 1. The van der Waals surface area contributed by atoms with E-state index in [9.17, 15) is 9.18 Å². The predicted octanol–water partition coefficient (Wildman–Crippen LogP) is 3.89. The summed E-state index contributed by atoms with van der Waals surface area (Å²) in [6.07, 6.45) is 6.08. The number of rotatable bonds is 3. The van der Waals surface area contributed by atoms with Gasteiger partial charge in [0.15, 0.2) is 5.65 Å². The number of anilines is 1. The van der Waals surface area contributed by atoms with Crippen LogP contribution in [0.1, 0.15) is 32.6 Å². The molecule has 134 valence electrons. The average molecular weight is 352 g/mol. The number of benzene rings is 1. The maximum atomic E-state index is 13.2. The average Bonchev–Trinajstić information content (AvgIpc) is 2.68. The maximum Gasteiger partial charge on any atom is 0.262 e. The first-order valence-corrected chi connectivity index (χ1v) is 9.09. The minimum Gasteiger partial charge on any atom is -0.339 e. The molecule has 1 fully saturated rings. The molecule has 0 amide bonds. The molecule has 6 heteroatoms. The number of nitrogens with zero attached hydrogens (tertiary/aromatic N) is 3. The van der Waals surface area contributed by atoms with Gasteiger partial charge in [-0.15, -0.1) is 0 Å². The van der Waals surface area contributed by atoms with Crippen molar-refractivity contribution < 1.29 is 4.39 Å². The van der Waals surface area contributed by atoms with Gasteiger partial charge >= 0.3 is 0 Å². The molecule has 1 aliphatic rings. The molecule has 2 aromatic heterocycles. The van der Waals surface area contributed by atoms with E-state index in [1.54, 1.807) is 24.4 Å². The summed E-state index contributed by atoms with van der Waals surface area (Å²) in [6.45, 7) is 3.05. The van der Waals surface area contributed by atoms with Gasteiger partial charge in [-0.3, -0.25) is 9.78 Å². The molecule has 0 bridgehead atoms. The molecule has 1 unspecified atom stereocenters. The molecule has 3 aromatic rings. The van der Waals surface area contributed by atoms with E-state index in [-0.39, 0.29) is 11.4 Å². The Morgan fingerprint density at radius 2 is 2.04 bits per heavy atom. The van der Waals surface area contributed by atoms with Crippen molar-refractivity contribution in [2.45, 2.75) is 38.6 Å². The minimum absolute atomic E-state index is 0.210. The molecule has 0 spiro atoms. The number of piperidine rings is 1. The molecule has 1 aromatic carbocycles. The quantitative estimate of drug-likeness (QED) is 0.777. The Morgan fingerprint density at radius 1 is 1.23 bits per heavy atom. The van der Waals surface area contributed by atoms with Crippen LogP contribution in [0.5, 0.6) is 0 Å². The molecule has 1 saturated heterocycles. The highest BCUT2D eigenvalue weighted by Gasteiger charge is 2.24. The number of aromatic nitrogens is 3. The first-order valence-electron chi connectivity index (χ1n) is 9.09. The molecule has 0 aliphatic carbocycles. The summed E-state index contributed by atoms with van der Waals surface area (Å²) in [7, 11) is 0. The second-order valence-electron chi connectivity index (χ2n) is 6.70. The second-order valence-corrected chi connectivity index (χ2v) is 6.70. The van der Waals surface area contributed by atoms with Gasteiger partial charge in [-0.1, -0.05) is 19.1 Å². The van der Waals surface area contributed by atoms with Gasteiger partial charge in [0.1, 0.15) is 5.82 Å². The number of hydrogen-bond acceptors (Lipinski definition) is 4. The van der Waals surface area contributed by atoms with Gasteiger partial charge in [-0.2, -0.15) is 4.98 Å². The van der Waals surface area contributed by atoms with E-state index in [1.807, 2.05) is 0 Å². The minimum atomic E-state index is -0.308. The number of halogens is 1. The van der Waals surface area contributed by atoms with Crippen molar-refractivity contribution in [1.82, 2.24) is 15.0 Å².